The first-order valence-corrected chi connectivity index (χ1v) is 5.27. The predicted molar refractivity (Wildman–Crippen MR) is 61.4 cm³/mol. The molecule has 1 heterocycles. The minimum Gasteiger partial charge on any atom is -0.435 e. The van der Waals surface area contributed by atoms with Crippen molar-refractivity contribution in [1.82, 2.24) is 14.8 Å². The fraction of sp³-hybridized carbons (Fsp3) is 0.273. The number of halogens is 2. The van der Waals surface area contributed by atoms with Crippen LogP contribution in [-0.2, 0) is 13.6 Å². The largest absolute Gasteiger partial charge is 0.435 e. The van der Waals surface area contributed by atoms with Crippen LogP contribution in [-0.4, -0.2) is 21.4 Å². The van der Waals surface area contributed by atoms with Crippen molar-refractivity contribution in [1.29, 1.82) is 0 Å². The molecule has 0 spiro atoms. The minimum atomic E-state index is -2.80. The molecule has 0 aliphatic rings. The maximum atomic E-state index is 11.9. The smallest absolute Gasteiger partial charge is 0.387 e. The Labute approximate surface area is 102 Å². The predicted octanol–water partition coefficient (Wildman–Crippen LogP) is 2.03. The summed E-state index contributed by atoms with van der Waals surface area (Å²) >= 11 is 0. The van der Waals surface area contributed by atoms with Crippen LogP contribution in [0.1, 0.15) is 5.82 Å². The van der Waals surface area contributed by atoms with E-state index >= 15 is 0 Å². The van der Waals surface area contributed by atoms with Crippen LogP contribution in [0.4, 0.5) is 14.5 Å². The van der Waals surface area contributed by atoms with Gasteiger partial charge in [-0.05, 0) is 24.3 Å². The lowest BCUT2D eigenvalue weighted by Crippen LogP contribution is -2.07. The highest BCUT2D eigenvalue weighted by atomic mass is 19.3. The molecule has 0 amide bonds. The van der Waals surface area contributed by atoms with Gasteiger partial charge in [0.25, 0.3) is 0 Å². The maximum absolute atomic E-state index is 11.9. The summed E-state index contributed by atoms with van der Waals surface area (Å²) in [6.07, 6.45) is 1.47. The molecular weight excluding hydrogens is 242 g/mol. The third kappa shape index (κ3) is 3.16. The van der Waals surface area contributed by atoms with Crippen LogP contribution in [0.3, 0.4) is 0 Å². The Morgan fingerprint density at radius 2 is 2.06 bits per heavy atom. The van der Waals surface area contributed by atoms with Crippen LogP contribution in [0.5, 0.6) is 5.75 Å². The van der Waals surface area contributed by atoms with Crippen LogP contribution >= 0.6 is 0 Å². The zero-order chi connectivity index (χ0) is 13.0. The van der Waals surface area contributed by atoms with Crippen molar-refractivity contribution in [2.75, 3.05) is 5.32 Å². The second-order valence-electron chi connectivity index (χ2n) is 3.56. The van der Waals surface area contributed by atoms with E-state index in [1.165, 1.54) is 18.5 Å². The summed E-state index contributed by atoms with van der Waals surface area (Å²) in [6, 6.07) is 6.28. The van der Waals surface area contributed by atoms with Gasteiger partial charge in [0.2, 0.25) is 0 Å². The number of anilines is 1. The van der Waals surface area contributed by atoms with E-state index in [1.807, 2.05) is 0 Å². The lowest BCUT2D eigenvalue weighted by atomic mass is 10.3. The van der Waals surface area contributed by atoms with Crippen LogP contribution in [0.2, 0.25) is 0 Å². The fourth-order valence-corrected chi connectivity index (χ4v) is 1.42. The molecule has 5 nitrogen and oxygen atoms in total. The molecule has 2 aromatic rings. The molecule has 0 fully saturated rings. The summed E-state index contributed by atoms with van der Waals surface area (Å²) in [7, 11) is 1.80. The first-order valence-electron chi connectivity index (χ1n) is 5.27. The van der Waals surface area contributed by atoms with Crippen LogP contribution < -0.4 is 10.1 Å². The highest BCUT2D eigenvalue weighted by Gasteiger charge is 2.04. The summed E-state index contributed by atoms with van der Waals surface area (Å²) in [4.78, 5) is 4.05. The standard InChI is InChI=1S/C11H12F2N4O/c1-17-10(15-7-16-17)6-14-8-2-4-9(5-3-8)18-11(12)13/h2-5,7,11,14H,6H2,1H3. The molecule has 1 aromatic carbocycles. The summed E-state index contributed by atoms with van der Waals surface area (Å²) in [5.41, 5.74) is 0.791. The van der Waals surface area contributed by atoms with Crippen molar-refractivity contribution < 1.29 is 13.5 Å². The molecular formula is C11H12F2N4O. The molecule has 7 heteroatoms. The van der Waals surface area contributed by atoms with Gasteiger partial charge in [0, 0.05) is 12.7 Å². The number of rotatable bonds is 5. The number of nitrogens with one attached hydrogen (secondary N) is 1. The van der Waals surface area contributed by atoms with E-state index < -0.39 is 6.61 Å². The molecule has 0 bridgehead atoms. The Bertz CT molecular complexity index is 498. The Hall–Kier alpha value is -2.18. The van der Waals surface area contributed by atoms with Gasteiger partial charge in [0.05, 0.1) is 6.54 Å². The topological polar surface area (TPSA) is 52.0 Å². The van der Waals surface area contributed by atoms with Crippen molar-refractivity contribution in [2.45, 2.75) is 13.2 Å². The van der Waals surface area contributed by atoms with E-state index in [2.05, 4.69) is 20.1 Å². The first-order chi connectivity index (χ1) is 8.65. The molecule has 0 saturated carbocycles. The van der Waals surface area contributed by atoms with Gasteiger partial charge in [-0.25, -0.2) is 4.98 Å². The van der Waals surface area contributed by atoms with Crippen molar-refractivity contribution >= 4 is 5.69 Å². The quantitative estimate of drug-likeness (QED) is 0.887. The van der Waals surface area contributed by atoms with Crippen molar-refractivity contribution in [3.63, 3.8) is 0 Å². The fourth-order valence-electron chi connectivity index (χ4n) is 1.42. The number of ether oxygens (including phenoxy) is 1. The van der Waals surface area contributed by atoms with Crippen molar-refractivity contribution in [3.05, 3.63) is 36.4 Å². The minimum absolute atomic E-state index is 0.134. The average molecular weight is 254 g/mol. The van der Waals surface area contributed by atoms with Crippen LogP contribution in [0, 0.1) is 0 Å². The zero-order valence-electron chi connectivity index (χ0n) is 9.68. The lowest BCUT2D eigenvalue weighted by Gasteiger charge is -2.07. The number of benzene rings is 1. The van der Waals surface area contributed by atoms with Crippen LogP contribution in [0.15, 0.2) is 30.6 Å². The van der Waals surface area contributed by atoms with Gasteiger partial charge in [0.1, 0.15) is 17.9 Å². The summed E-state index contributed by atoms with van der Waals surface area (Å²) < 4.78 is 29.8. The molecule has 0 aliphatic carbocycles. The number of hydrogen-bond acceptors (Lipinski definition) is 4. The Kier molecular flexibility index (Phi) is 3.71. The Morgan fingerprint density at radius 1 is 1.33 bits per heavy atom. The number of alkyl halides is 2. The molecule has 96 valence electrons. The molecule has 0 unspecified atom stereocenters. The SMILES string of the molecule is Cn1ncnc1CNc1ccc(OC(F)F)cc1. The molecule has 18 heavy (non-hydrogen) atoms. The van der Waals surface area contributed by atoms with Gasteiger partial charge < -0.3 is 10.1 Å². The summed E-state index contributed by atoms with van der Waals surface area (Å²) in [5, 5.41) is 7.04. The van der Waals surface area contributed by atoms with E-state index in [1.54, 1.807) is 23.9 Å². The number of nitrogens with zero attached hydrogens (tertiary/aromatic N) is 3. The second-order valence-corrected chi connectivity index (χ2v) is 3.56. The van der Waals surface area contributed by atoms with E-state index in [9.17, 15) is 8.78 Å². The molecule has 2 rings (SSSR count). The number of hydrogen-bond donors (Lipinski definition) is 1. The second kappa shape index (κ2) is 5.44. The summed E-state index contributed by atoms with van der Waals surface area (Å²) in [5.74, 6) is 0.914. The highest BCUT2D eigenvalue weighted by Crippen LogP contribution is 2.17. The van der Waals surface area contributed by atoms with Gasteiger partial charge in [-0.1, -0.05) is 0 Å². The third-order valence-electron chi connectivity index (χ3n) is 2.34. The van der Waals surface area contributed by atoms with Crippen molar-refractivity contribution in [2.24, 2.45) is 7.05 Å². The van der Waals surface area contributed by atoms with Gasteiger partial charge in [0.15, 0.2) is 0 Å². The lowest BCUT2D eigenvalue weighted by molar-refractivity contribution is -0.0498. The van der Waals surface area contributed by atoms with Crippen LogP contribution in [0.25, 0.3) is 0 Å². The van der Waals surface area contributed by atoms with Gasteiger partial charge in [-0.3, -0.25) is 4.68 Å². The molecule has 0 aliphatic heterocycles. The monoisotopic (exact) mass is 254 g/mol. The Balaban J connectivity index is 1.92. The Morgan fingerprint density at radius 3 is 2.61 bits per heavy atom. The van der Waals surface area contributed by atoms with Crippen molar-refractivity contribution in [3.8, 4) is 5.75 Å². The van der Waals surface area contributed by atoms with Gasteiger partial charge in [-0.2, -0.15) is 13.9 Å². The maximum Gasteiger partial charge on any atom is 0.387 e. The molecule has 0 saturated heterocycles. The van der Waals surface area contributed by atoms with Gasteiger partial charge in [-0.15, -0.1) is 0 Å². The zero-order valence-corrected chi connectivity index (χ0v) is 9.68. The highest BCUT2D eigenvalue weighted by molar-refractivity contribution is 5.46. The third-order valence-corrected chi connectivity index (χ3v) is 2.34. The normalized spacial score (nSPS) is 10.7. The van der Waals surface area contributed by atoms with Gasteiger partial charge >= 0.3 is 6.61 Å². The summed E-state index contributed by atoms with van der Waals surface area (Å²) in [6.45, 7) is -2.30. The number of aryl methyl sites for hydroxylation is 1. The average Bonchev–Trinajstić information content (AvgIpc) is 2.73. The molecule has 0 atom stereocenters. The van der Waals surface area contributed by atoms with E-state index in [-0.39, 0.29) is 5.75 Å². The van der Waals surface area contributed by atoms with E-state index in [4.69, 9.17) is 0 Å². The molecule has 1 N–H and O–H groups in total. The van der Waals surface area contributed by atoms with E-state index in [0.717, 1.165) is 11.5 Å². The number of aromatic nitrogens is 3. The molecule has 0 radical (unpaired) electrons. The first kappa shape index (κ1) is 12.3. The molecule has 1 aromatic heterocycles. The van der Waals surface area contributed by atoms with E-state index in [0.29, 0.717) is 6.54 Å².